The zero-order valence-corrected chi connectivity index (χ0v) is 22.2. The summed E-state index contributed by atoms with van der Waals surface area (Å²) in [5.41, 5.74) is 3.53. The van der Waals surface area contributed by atoms with E-state index >= 15 is 0 Å². The summed E-state index contributed by atoms with van der Waals surface area (Å²) in [7, 11) is 0. The van der Waals surface area contributed by atoms with Crippen LogP contribution in [0.4, 0.5) is 4.79 Å². The Labute approximate surface area is 221 Å². The standard InChI is InChI=1S/C28H33N5O5/c1-18(34)33-14-21(15-33)19-5-7-20(8-6-19)23-13-24-25(30-10-9-29-24)26(31-23)37-17-22-16-32(11-12-36-22)27(35)38-28(2,3)4/h5-10,13,21-22H,11-12,14-17H2,1-4H3/t22-/m0/s1. The third-order valence-corrected chi connectivity index (χ3v) is 6.63. The molecule has 2 aliphatic heterocycles. The number of ether oxygens (including phenoxy) is 3. The fraction of sp³-hybridized carbons (Fsp3) is 0.464. The molecule has 0 radical (unpaired) electrons. The van der Waals surface area contributed by atoms with Crippen molar-refractivity contribution in [3.63, 3.8) is 0 Å². The van der Waals surface area contributed by atoms with Gasteiger partial charge in [0, 0.05) is 50.4 Å². The van der Waals surface area contributed by atoms with Crippen molar-refractivity contribution in [1.82, 2.24) is 24.8 Å². The van der Waals surface area contributed by atoms with Gasteiger partial charge in [0.25, 0.3) is 0 Å². The number of aromatic nitrogens is 3. The first-order valence-corrected chi connectivity index (χ1v) is 12.9. The van der Waals surface area contributed by atoms with E-state index in [-0.39, 0.29) is 24.7 Å². The molecule has 4 heterocycles. The van der Waals surface area contributed by atoms with Gasteiger partial charge in [-0.05, 0) is 32.4 Å². The lowest BCUT2D eigenvalue weighted by molar-refractivity contribution is -0.133. The molecule has 0 unspecified atom stereocenters. The molecule has 0 saturated carbocycles. The highest BCUT2D eigenvalue weighted by Crippen LogP contribution is 2.31. The SMILES string of the molecule is CC(=O)N1CC(c2ccc(-c3cc4nccnc4c(OC[C@@H]4CN(C(=O)OC(C)(C)C)CCO4)n3)cc2)C1. The number of hydrogen-bond acceptors (Lipinski definition) is 8. The smallest absolute Gasteiger partial charge is 0.410 e. The summed E-state index contributed by atoms with van der Waals surface area (Å²) >= 11 is 0. The molecule has 2 aliphatic rings. The maximum atomic E-state index is 12.5. The number of hydrogen-bond donors (Lipinski definition) is 0. The number of benzene rings is 1. The number of likely N-dealkylation sites (tertiary alicyclic amines) is 1. The highest BCUT2D eigenvalue weighted by atomic mass is 16.6. The van der Waals surface area contributed by atoms with E-state index in [9.17, 15) is 9.59 Å². The fourth-order valence-corrected chi connectivity index (χ4v) is 4.55. The van der Waals surface area contributed by atoms with E-state index < -0.39 is 5.60 Å². The van der Waals surface area contributed by atoms with Crippen molar-refractivity contribution >= 4 is 23.0 Å². The summed E-state index contributed by atoms with van der Waals surface area (Å²) < 4.78 is 17.5. The van der Waals surface area contributed by atoms with Crippen molar-refractivity contribution in [3.8, 4) is 17.1 Å². The second kappa shape index (κ2) is 10.5. The van der Waals surface area contributed by atoms with Gasteiger partial charge in [0.15, 0.2) is 5.52 Å². The van der Waals surface area contributed by atoms with Crippen LogP contribution in [0, 0.1) is 0 Å². The number of morpholine rings is 1. The first-order valence-electron chi connectivity index (χ1n) is 12.9. The summed E-state index contributed by atoms with van der Waals surface area (Å²) in [6, 6.07) is 10.1. The van der Waals surface area contributed by atoms with Gasteiger partial charge in [0.2, 0.25) is 11.8 Å². The van der Waals surface area contributed by atoms with Crippen molar-refractivity contribution in [3.05, 3.63) is 48.3 Å². The lowest BCUT2D eigenvalue weighted by atomic mass is 9.90. The average molecular weight is 520 g/mol. The van der Waals surface area contributed by atoms with Crippen LogP contribution < -0.4 is 4.74 Å². The maximum Gasteiger partial charge on any atom is 0.410 e. The molecule has 1 atom stereocenters. The van der Waals surface area contributed by atoms with Crippen LogP contribution in [0.15, 0.2) is 42.7 Å². The number of rotatable bonds is 5. The van der Waals surface area contributed by atoms with Gasteiger partial charge in [-0.15, -0.1) is 0 Å². The minimum absolute atomic E-state index is 0.114. The predicted octanol–water partition coefficient (Wildman–Crippen LogP) is 3.65. The van der Waals surface area contributed by atoms with E-state index in [0.29, 0.717) is 42.5 Å². The Morgan fingerprint density at radius 1 is 1.05 bits per heavy atom. The molecule has 0 spiro atoms. The molecule has 2 saturated heterocycles. The molecule has 200 valence electrons. The van der Waals surface area contributed by atoms with Gasteiger partial charge in [-0.2, -0.15) is 0 Å². The van der Waals surface area contributed by atoms with Crippen LogP contribution in [0.5, 0.6) is 5.88 Å². The summed E-state index contributed by atoms with van der Waals surface area (Å²) in [5, 5.41) is 0. The van der Waals surface area contributed by atoms with E-state index in [4.69, 9.17) is 19.2 Å². The normalized spacial score (nSPS) is 18.3. The van der Waals surface area contributed by atoms with Gasteiger partial charge in [-0.3, -0.25) is 9.78 Å². The molecular weight excluding hydrogens is 486 g/mol. The van der Waals surface area contributed by atoms with Gasteiger partial charge in [0.05, 0.1) is 24.4 Å². The molecule has 38 heavy (non-hydrogen) atoms. The minimum atomic E-state index is -0.561. The van der Waals surface area contributed by atoms with Crippen molar-refractivity contribution in [1.29, 1.82) is 0 Å². The van der Waals surface area contributed by atoms with Crippen molar-refractivity contribution < 1.29 is 23.8 Å². The molecule has 2 aromatic heterocycles. The second-order valence-electron chi connectivity index (χ2n) is 10.7. The molecule has 0 aliphatic carbocycles. The van der Waals surface area contributed by atoms with Crippen LogP contribution in [-0.2, 0) is 14.3 Å². The highest BCUT2D eigenvalue weighted by molar-refractivity contribution is 5.83. The summed E-state index contributed by atoms with van der Waals surface area (Å²) in [4.78, 5) is 41.1. The Morgan fingerprint density at radius 3 is 2.50 bits per heavy atom. The van der Waals surface area contributed by atoms with Crippen LogP contribution in [-0.4, -0.2) is 87.8 Å². The van der Waals surface area contributed by atoms with Gasteiger partial charge >= 0.3 is 6.09 Å². The first kappa shape index (κ1) is 25.8. The largest absolute Gasteiger partial charge is 0.473 e. The third kappa shape index (κ3) is 5.85. The Morgan fingerprint density at radius 2 is 1.79 bits per heavy atom. The van der Waals surface area contributed by atoms with E-state index in [0.717, 1.165) is 24.3 Å². The number of fused-ring (bicyclic) bond motifs is 1. The average Bonchev–Trinajstić information content (AvgIpc) is 2.85. The number of amides is 2. The van der Waals surface area contributed by atoms with Crippen molar-refractivity contribution in [2.75, 3.05) is 39.4 Å². The number of carbonyl (C=O) groups is 2. The minimum Gasteiger partial charge on any atom is -0.473 e. The second-order valence-corrected chi connectivity index (χ2v) is 10.7. The van der Waals surface area contributed by atoms with Crippen molar-refractivity contribution in [2.45, 2.75) is 45.3 Å². The molecule has 10 heteroatoms. The maximum absolute atomic E-state index is 12.5. The van der Waals surface area contributed by atoms with E-state index in [1.165, 1.54) is 5.56 Å². The van der Waals surface area contributed by atoms with Gasteiger partial charge < -0.3 is 24.0 Å². The summed E-state index contributed by atoms with van der Waals surface area (Å²) in [6.07, 6.45) is 2.56. The third-order valence-electron chi connectivity index (χ3n) is 6.63. The van der Waals surface area contributed by atoms with Gasteiger partial charge in [0.1, 0.15) is 18.3 Å². The van der Waals surface area contributed by atoms with Crippen LogP contribution in [0.2, 0.25) is 0 Å². The zero-order valence-electron chi connectivity index (χ0n) is 22.2. The Kier molecular flexibility index (Phi) is 7.16. The summed E-state index contributed by atoms with van der Waals surface area (Å²) in [6.45, 7) is 10.1. The van der Waals surface area contributed by atoms with Crippen LogP contribution in [0.3, 0.4) is 0 Å². The predicted molar refractivity (Wildman–Crippen MR) is 141 cm³/mol. The molecule has 2 fully saturated rings. The Hall–Kier alpha value is -3.79. The highest BCUT2D eigenvalue weighted by Gasteiger charge is 2.30. The fourth-order valence-electron chi connectivity index (χ4n) is 4.55. The van der Waals surface area contributed by atoms with Crippen LogP contribution in [0.1, 0.15) is 39.2 Å². The number of pyridine rings is 1. The van der Waals surface area contributed by atoms with Gasteiger partial charge in [-0.25, -0.2) is 14.8 Å². The molecule has 3 aromatic rings. The van der Waals surface area contributed by atoms with Crippen LogP contribution in [0.25, 0.3) is 22.3 Å². The topological polar surface area (TPSA) is 107 Å². The Balaban J connectivity index is 1.30. The van der Waals surface area contributed by atoms with Crippen molar-refractivity contribution in [2.24, 2.45) is 0 Å². The number of carbonyl (C=O) groups excluding carboxylic acids is 2. The molecule has 0 bridgehead atoms. The number of nitrogens with zero attached hydrogens (tertiary/aromatic N) is 5. The molecular formula is C28H33N5O5. The van der Waals surface area contributed by atoms with E-state index in [1.807, 2.05) is 43.9 Å². The Bertz CT molecular complexity index is 1320. The molecule has 1 aromatic carbocycles. The monoisotopic (exact) mass is 519 g/mol. The summed E-state index contributed by atoms with van der Waals surface area (Å²) in [5.74, 6) is 0.838. The first-order chi connectivity index (χ1) is 18.2. The molecule has 5 rings (SSSR count). The van der Waals surface area contributed by atoms with Crippen LogP contribution >= 0.6 is 0 Å². The zero-order chi connectivity index (χ0) is 26.9. The lowest BCUT2D eigenvalue weighted by Gasteiger charge is -2.39. The van der Waals surface area contributed by atoms with Gasteiger partial charge in [-0.1, -0.05) is 24.3 Å². The molecule has 2 amide bonds. The quantitative estimate of drug-likeness (QED) is 0.503. The van der Waals surface area contributed by atoms with E-state index in [1.54, 1.807) is 24.2 Å². The lowest BCUT2D eigenvalue weighted by Crippen LogP contribution is -2.49. The van der Waals surface area contributed by atoms with E-state index in [2.05, 4.69) is 22.1 Å². The molecule has 0 N–H and O–H groups in total. The molecule has 10 nitrogen and oxygen atoms in total.